The van der Waals surface area contributed by atoms with Gasteiger partial charge in [0.15, 0.2) is 0 Å². The van der Waals surface area contributed by atoms with Crippen molar-refractivity contribution in [1.29, 1.82) is 0 Å². The van der Waals surface area contributed by atoms with Gasteiger partial charge in [0.05, 0.1) is 26.4 Å². The average molecular weight is 149 g/mol. The quantitative estimate of drug-likeness (QED) is 0.452. The van der Waals surface area contributed by atoms with E-state index in [1.54, 1.807) is 0 Å². The molecule has 0 amide bonds. The Morgan fingerprint density at radius 2 is 1.60 bits per heavy atom. The van der Waals surface area contributed by atoms with Gasteiger partial charge in [0.1, 0.15) is 0 Å². The number of rotatable bonds is 4. The largest absolute Gasteiger partial charge is 0.405 e. The van der Waals surface area contributed by atoms with E-state index in [0.717, 1.165) is 0 Å². The fourth-order valence-corrected chi connectivity index (χ4v) is 0.231. The molecule has 0 aliphatic heterocycles. The first-order valence-electron chi connectivity index (χ1n) is 2.95. The Hall–Kier alpha value is -0.580. The third kappa shape index (κ3) is 26.1. The maximum absolute atomic E-state index is 8.09. The summed E-state index contributed by atoms with van der Waals surface area (Å²) >= 11 is 0. The Balaban J connectivity index is 0. The lowest BCUT2D eigenvalue weighted by Crippen LogP contribution is -2.03. The van der Waals surface area contributed by atoms with Crippen LogP contribution in [-0.2, 0) is 4.74 Å². The van der Waals surface area contributed by atoms with Crippen molar-refractivity contribution >= 4 is 0 Å². The highest BCUT2D eigenvalue weighted by Gasteiger charge is 1.79. The van der Waals surface area contributed by atoms with Crippen LogP contribution in [-0.4, -0.2) is 36.6 Å². The van der Waals surface area contributed by atoms with Gasteiger partial charge in [0, 0.05) is 0 Å². The Bertz CT molecular complexity index is 55.0. The monoisotopic (exact) mass is 149 g/mol. The summed E-state index contributed by atoms with van der Waals surface area (Å²) in [5.74, 6) is 0. The minimum absolute atomic E-state index is 0.0278. The van der Waals surface area contributed by atoms with Crippen LogP contribution < -0.4 is 5.73 Å². The fraction of sp³-hybridized carbons (Fsp3) is 0.667. The minimum Gasteiger partial charge on any atom is -0.405 e. The van der Waals surface area contributed by atoms with E-state index in [1.807, 2.05) is 0 Å². The second kappa shape index (κ2) is 15.8. The molecular formula is C6H15NO3. The highest BCUT2D eigenvalue weighted by atomic mass is 16.5. The third-order valence-corrected chi connectivity index (χ3v) is 0.471. The minimum atomic E-state index is 0.0278. The molecule has 4 heteroatoms. The molecule has 0 aromatic rings. The molecule has 0 aliphatic rings. The molecule has 10 heavy (non-hydrogen) atoms. The number of hydrogen-bond donors (Lipinski definition) is 3. The lowest BCUT2D eigenvalue weighted by molar-refractivity contribution is 0.0650. The van der Waals surface area contributed by atoms with Crippen molar-refractivity contribution in [1.82, 2.24) is 0 Å². The Morgan fingerprint density at radius 1 is 1.30 bits per heavy atom. The van der Waals surface area contributed by atoms with E-state index >= 15 is 0 Å². The molecule has 62 valence electrons. The zero-order valence-electron chi connectivity index (χ0n) is 5.99. The van der Waals surface area contributed by atoms with Crippen LogP contribution in [0.1, 0.15) is 0 Å². The summed E-state index contributed by atoms with van der Waals surface area (Å²) in [6, 6.07) is 0. The van der Waals surface area contributed by atoms with Crippen molar-refractivity contribution in [2.45, 2.75) is 0 Å². The van der Waals surface area contributed by atoms with Crippen molar-refractivity contribution < 1.29 is 14.9 Å². The normalized spacial score (nSPS) is 7.80. The van der Waals surface area contributed by atoms with Crippen molar-refractivity contribution in [2.24, 2.45) is 5.73 Å². The maximum atomic E-state index is 8.09. The molecule has 4 nitrogen and oxygen atoms in total. The van der Waals surface area contributed by atoms with Gasteiger partial charge in [-0.3, -0.25) is 0 Å². The van der Waals surface area contributed by atoms with Crippen LogP contribution in [0.15, 0.2) is 12.8 Å². The first-order chi connectivity index (χ1) is 4.83. The molecule has 0 atom stereocenters. The number of hydrogen-bond acceptors (Lipinski definition) is 4. The fourth-order valence-electron chi connectivity index (χ4n) is 0.231. The second-order valence-corrected chi connectivity index (χ2v) is 1.30. The van der Waals surface area contributed by atoms with Crippen LogP contribution in [0.2, 0.25) is 0 Å². The Kier molecular flexibility index (Phi) is 19.1. The number of aliphatic hydroxyl groups excluding tert-OH is 2. The molecule has 4 N–H and O–H groups in total. The highest BCUT2D eigenvalue weighted by Crippen LogP contribution is 1.68. The van der Waals surface area contributed by atoms with Crippen LogP contribution in [0.25, 0.3) is 0 Å². The van der Waals surface area contributed by atoms with Crippen molar-refractivity contribution in [3.63, 3.8) is 0 Å². The van der Waals surface area contributed by atoms with Gasteiger partial charge in [0.25, 0.3) is 0 Å². The molecule has 0 aromatic carbocycles. The molecule has 0 radical (unpaired) electrons. The van der Waals surface area contributed by atoms with E-state index in [-0.39, 0.29) is 13.2 Å². The SMILES string of the molecule is C=CN.OCCOCCO. The third-order valence-electron chi connectivity index (χ3n) is 0.471. The zero-order valence-corrected chi connectivity index (χ0v) is 5.99. The van der Waals surface area contributed by atoms with E-state index in [0.29, 0.717) is 13.2 Å². The first kappa shape index (κ1) is 12.1. The molecule has 0 heterocycles. The van der Waals surface area contributed by atoms with Gasteiger partial charge in [-0.15, -0.1) is 0 Å². The van der Waals surface area contributed by atoms with Gasteiger partial charge in [-0.05, 0) is 6.20 Å². The topological polar surface area (TPSA) is 75.7 Å². The lowest BCUT2D eigenvalue weighted by Gasteiger charge is -1.94. The first-order valence-corrected chi connectivity index (χ1v) is 2.95. The second-order valence-electron chi connectivity index (χ2n) is 1.30. The molecule has 0 aromatic heterocycles. The van der Waals surface area contributed by atoms with E-state index in [1.165, 1.54) is 6.20 Å². The molecular weight excluding hydrogens is 134 g/mol. The van der Waals surface area contributed by atoms with Crippen LogP contribution in [0.3, 0.4) is 0 Å². The maximum Gasteiger partial charge on any atom is 0.0698 e. The van der Waals surface area contributed by atoms with Gasteiger partial charge in [-0.1, -0.05) is 6.58 Å². The van der Waals surface area contributed by atoms with Crippen molar-refractivity contribution in [3.8, 4) is 0 Å². The summed E-state index contributed by atoms with van der Waals surface area (Å²) < 4.78 is 4.63. The molecule has 0 rings (SSSR count). The zero-order chi connectivity index (χ0) is 8.24. The van der Waals surface area contributed by atoms with E-state index in [9.17, 15) is 0 Å². The smallest absolute Gasteiger partial charge is 0.0698 e. The standard InChI is InChI=1S/C4H10O3.C2H5N/c5-1-3-7-4-2-6;1-2-3/h5-6H,1-4H2;2H,1,3H2. The molecule has 0 bridgehead atoms. The van der Waals surface area contributed by atoms with Crippen LogP contribution >= 0.6 is 0 Å². The molecule has 0 fully saturated rings. The summed E-state index contributed by atoms with van der Waals surface area (Å²) in [5, 5.41) is 16.2. The summed E-state index contributed by atoms with van der Waals surface area (Å²) in [4.78, 5) is 0. The summed E-state index contributed by atoms with van der Waals surface area (Å²) in [7, 11) is 0. The lowest BCUT2D eigenvalue weighted by atomic mass is 10.7. The van der Waals surface area contributed by atoms with Gasteiger partial charge in [0.2, 0.25) is 0 Å². The van der Waals surface area contributed by atoms with Gasteiger partial charge < -0.3 is 20.7 Å². The van der Waals surface area contributed by atoms with E-state index < -0.39 is 0 Å². The molecule has 0 saturated heterocycles. The van der Waals surface area contributed by atoms with E-state index in [2.05, 4.69) is 17.0 Å². The number of aliphatic hydroxyl groups is 2. The van der Waals surface area contributed by atoms with Gasteiger partial charge >= 0.3 is 0 Å². The number of nitrogens with two attached hydrogens (primary N) is 1. The Labute approximate surface area is 60.9 Å². The van der Waals surface area contributed by atoms with Crippen LogP contribution in [0.5, 0.6) is 0 Å². The predicted octanol–water partition coefficient (Wildman–Crippen LogP) is -0.924. The predicted molar refractivity (Wildman–Crippen MR) is 39.4 cm³/mol. The van der Waals surface area contributed by atoms with Crippen molar-refractivity contribution in [3.05, 3.63) is 12.8 Å². The Morgan fingerprint density at radius 3 is 1.80 bits per heavy atom. The van der Waals surface area contributed by atoms with Crippen LogP contribution in [0, 0.1) is 0 Å². The summed E-state index contributed by atoms with van der Waals surface area (Å²) in [5.41, 5.74) is 4.61. The van der Waals surface area contributed by atoms with Crippen molar-refractivity contribution in [2.75, 3.05) is 26.4 Å². The molecule has 0 spiro atoms. The summed E-state index contributed by atoms with van der Waals surface area (Å²) in [6.45, 7) is 3.83. The van der Waals surface area contributed by atoms with Crippen LogP contribution in [0.4, 0.5) is 0 Å². The highest BCUT2D eigenvalue weighted by molar-refractivity contribution is 4.48. The molecule has 0 unspecified atom stereocenters. The van der Waals surface area contributed by atoms with Gasteiger partial charge in [-0.25, -0.2) is 0 Å². The molecule has 0 aliphatic carbocycles. The number of ether oxygens (including phenoxy) is 1. The average Bonchev–Trinajstić information content (AvgIpc) is 1.91. The van der Waals surface area contributed by atoms with Gasteiger partial charge in [-0.2, -0.15) is 0 Å². The van der Waals surface area contributed by atoms with E-state index in [4.69, 9.17) is 10.2 Å². The molecule has 0 saturated carbocycles. The summed E-state index contributed by atoms with van der Waals surface area (Å²) in [6.07, 6.45) is 1.25.